The number of halogens is 2. The van der Waals surface area contributed by atoms with E-state index in [0.29, 0.717) is 28.9 Å². The van der Waals surface area contributed by atoms with Gasteiger partial charge in [-0.15, -0.1) is 11.3 Å². The van der Waals surface area contributed by atoms with E-state index in [1.807, 2.05) is 62.5 Å². The SMILES string of the molecule is CC(C)(C)OC(=O)N1CCC=C1CNc1cccc(-c2csc(SCC(=O)NC3CCN(Cc4ccc(Cl)c(Cl)c4)CC3)n2)c1. The largest absolute Gasteiger partial charge is 0.443 e. The van der Waals surface area contributed by atoms with E-state index in [2.05, 4.69) is 27.7 Å². The van der Waals surface area contributed by atoms with Gasteiger partial charge in [0.25, 0.3) is 0 Å². The second-order valence-electron chi connectivity index (χ2n) is 12.2. The number of likely N-dealkylation sites (tertiary alicyclic amines) is 1. The molecule has 1 fully saturated rings. The van der Waals surface area contributed by atoms with E-state index in [9.17, 15) is 9.59 Å². The lowest BCUT2D eigenvalue weighted by Crippen LogP contribution is -2.44. The Bertz CT molecular complexity index is 1530. The van der Waals surface area contributed by atoms with E-state index in [-0.39, 0.29) is 18.0 Å². The molecule has 2 aliphatic heterocycles. The monoisotopic (exact) mass is 687 g/mol. The standard InChI is InChI=1S/C33H39Cl2N5O3S2/c1-33(2,3)43-32(42)40-13-5-8-26(40)18-36-25-7-4-6-23(17-25)29-20-44-31(38-29)45-21-30(41)37-24-11-14-39(15-12-24)19-22-9-10-27(34)28(35)16-22/h4,6-10,16-17,20,24,36H,5,11-15,18-19,21H2,1-3H3,(H,37,41). The first-order valence-corrected chi connectivity index (χ1v) is 17.7. The maximum atomic E-state index is 12.7. The van der Waals surface area contributed by atoms with Gasteiger partial charge < -0.3 is 15.4 Å². The lowest BCUT2D eigenvalue weighted by molar-refractivity contribution is -0.119. The van der Waals surface area contributed by atoms with Crippen molar-refractivity contribution >= 4 is 64.0 Å². The molecule has 1 aromatic heterocycles. The molecule has 240 valence electrons. The van der Waals surface area contributed by atoms with Gasteiger partial charge in [0.1, 0.15) is 5.60 Å². The van der Waals surface area contributed by atoms with Gasteiger partial charge >= 0.3 is 6.09 Å². The van der Waals surface area contributed by atoms with Crippen molar-refractivity contribution in [3.8, 4) is 11.3 Å². The van der Waals surface area contributed by atoms with Crippen LogP contribution in [0.15, 0.2) is 64.0 Å². The van der Waals surface area contributed by atoms with Crippen molar-refractivity contribution in [3.05, 3.63) is 75.2 Å². The quantitative estimate of drug-likeness (QED) is 0.209. The van der Waals surface area contributed by atoms with E-state index in [1.165, 1.54) is 11.8 Å². The van der Waals surface area contributed by atoms with Crippen LogP contribution in [-0.2, 0) is 16.1 Å². The predicted octanol–water partition coefficient (Wildman–Crippen LogP) is 7.93. The number of thiazole rings is 1. The van der Waals surface area contributed by atoms with Crippen LogP contribution >= 0.6 is 46.3 Å². The molecule has 2 aromatic carbocycles. The van der Waals surface area contributed by atoms with E-state index < -0.39 is 5.60 Å². The molecule has 0 spiro atoms. The summed E-state index contributed by atoms with van der Waals surface area (Å²) in [6, 6.07) is 14.0. The number of thioether (sulfide) groups is 1. The third kappa shape index (κ3) is 9.86. The Morgan fingerprint density at radius 3 is 2.64 bits per heavy atom. The molecule has 1 saturated heterocycles. The van der Waals surface area contributed by atoms with E-state index in [0.717, 1.165) is 71.4 Å². The molecule has 0 unspecified atom stereocenters. The number of ether oxygens (including phenoxy) is 1. The zero-order chi connectivity index (χ0) is 32.0. The molecule has 0 atom stereocenters. The van der Waals surface area contributed by atoms with Gasteiger partial charge in [-0.1, -0.05) is 59.2 Å². The first-order valence-electron chi connectivity index (χ1n) is 15.1. The molecule has 0 saturated carbocycles. The van der Waals surface area contributed by atoms with Crippen molar-refractivity contribution in [2.24, 2.45) is 0 Å². The molecule has 0 bridgehead atoms. The zero-order valence-electron chi connectivity index (χ0n) is 25.8. The smallest absolute Gasteiger partial charge is 0.414 e. The van der Waals surface area contributed by atoms with Gasteiger partial charge in [-0.3, -0.25) is 14.6 Å². The molecular formula is C33H39Cl2N5O3S2. The first-order chi connectivity index (χ1) is 21.5. The molecule has 2 N–H and O–H groups in total. The molecule has 3 aromatic rings. The average Bonchev–Trinajstić information content (AvgIpc) is 3.67. The number of anilines is 1. The van der Waals surface area contributed by atoms with E-state index >= 15 is 0 Å². The number of hydrogen-bond acceptors (Lipinski definition) is 8. The first kappa shape index (κ1) is 33.6. The van der Waals surface area contributed by atoms with Gasteiger partial charge in [-0.25, -0.2) is 9.78 Å². The Morgan fingerprint density at radius 2 is 1.89 bits per heavy atom. The number of amides is 2. The molecule has 0 aliphatic carbocycles. The summed E-state index contributed by atoms with van der Waals surface area (Å²) in [5, 5.41) is 9.80. The minimum absolute atomic E-state index is 0.0347. The second kappa shape index (κ2) is 15.2. The molecule has 2 amide bonds. The summed E-state index contributed by atoms with van der Waals surface area (Å²) >= 11 is 15.2. The summed E-state index contributed by atoms with van der Waals surface area (Å²) in [6.07, 6.45) is 4.40. The second-order valence-corrected chi connectivity index (χ2v) is 15.1. The van der Waals surface area contributed by atoms with Crippen LogP contribution in [0.4, 0.5) is 10.5 Å². The van der Waals surface area contributed by atoms with Gasteiger partial charge in [0.2, 0.25) is 5.91 Å². The number of hydrogen-bond donors (Lipinski definition) is 2. The maximum Gasteiger partial charge on any atom is 0.414 e. The Labute approximate surface area is 283 Å². The van der Waals surface area contributed by atoms with Crippen LogP contribution in [0, 0.1) is 0 Å². The normalized spacial score (nSPS) is 16.0. The molecule has 8 nitrogen and oxygen atoms in total. The fourth-order valence-corrected chi connectivity index (χ4v) is 7.24. The highest BCUT2D eigenvalue weighted by Gasteiger charge is 2.27. The number of rotatable bonds is 10. The lowest BCUT2D eigenvalue weighted by atomic mass is 10.0. The number of piperidine rings is 1. The predicted molar refractivity (Wildman–Crippen MR) is 185 cm³/mol. The highest BCUT2D eigenvalue weighted by molar-refractivity contribution is 8.01. The number of nitrogens with zero attached hydrogens (tertiary/aromatic N) is 3. The molecule has 2 aliphatic rings. The van der Waals surface area contributed by atoms with Crippen LogP contribution < -0.4 is 10.6 Å². The fourth-order valence-electron chi connectivity index (χ4n) is 5.27. The molecule has 5 rings (SSSR count). The minimum atomic E-state index is -0.533. The van der Waals surface area contributed by atoms with Crippen LogP contribution in [0.3, 0.4) is 0 Å². The molecule has 12 heteroatoms. The van der Waals surface area contributed by atoms with Gasteiger partial charge in [0, 0.05) is 54.5 Å². The van der Waals surface area contributed by atoms with Crippen LogP contribution in [0.1, 0.15) is 45.6 Å². The summed E-state index contributed by atoms with van der Waals surface area (Å²) in [6.45, 7) is 9.43. The summed E-state index contributed by atoms with van der Waals surface area (Å²) in [5.74, 6) is 0.369. The van der Waals surface area contributed by atoms with Crippen molar-refractivity contribution in [2.45, 2.75) is 62.6 Å². The average molecular weight is 689 g/mol. The zero-order valence-corrected chi connectivity index (χ0v) is 28.9. The van der Waals surface area contributed by atoms with Crippen LogP contribution in [0.25, 0.3) is 11.3 Å². The number of aromatic nitrogens is 1. The van der Waals surface area contributed by atoms with Gasteiger partial charge in [-0.05, 0) is 69.9 Å². The van der Waals surface area contributed by atoms with Crippen molar-refractivity contribution < 1.29 is 14.3 Å². The van der Waals surface area contributed by atoms with Crippen LogP contribution in [0.2, 0.25) is 10.0 Å². The van der Waals surface area contributed by atoms with Gasteiger partial charge in [-0.2, -0.15) is 0 Å². The third-order valence-corrected chi connectivity index (χ3v) is 10.2. The number of carbonyl (C=O) groups is 2. The Kier molecular flexibility index (Phi) is 11.4. The third-order valence-electron chi connectivity index (χ3n) is 7.48. The van der Waals surface area contributed by atoms with Gasteiger partial charge in [0.05, 0.1) is 28.0 Å². The van der Waals surface area contributed by atoms with Crippen LogP contribution in [-0.4, -0.2) is 70.4 Å². The van der Waals surface area contributed by atoms with Crippen molar-refractivity contribution in [1.82, 2.24) is 20.1 Å². The van der Waals surface area contributed by atoms with Gasteiger partial charge in [0.15, 0.2) is 4.34 Å². The summed E-state index contributed by atoms with van der Waals surface area (Å²) in [7, 11) is 0. The summed E-state index contributed by atoms with van der Waals surface area (Å²) in [4.78, 5) is 34.2. The van der Waals surface area contributed by atoms with Crippen LogP contribution in [0.5, 0.6) is 0 Å². The Balaban J connectivity index is 1.05. The highest BCUT2D eigenvalue weighted by atomic mass is 35.5. The summed E-state index contributed by atoms with van der Waals surface area (Å²) < 4.78 is 6.42. The van der Waals surface area contributed by atoms with Crippen molar-refractivity contribution in [1.29, 1.82) is 0 Å². The molecular weight excluding hydrogens is 649 g/mol. The lowest BCUT2D eigenvalue weighted by Gasteiger charge is -2.32. The highest BCUT2D eigenvalue weighted by Crippen LogP contribution is 2.30. The molecule has 0 radical (unpaired) electrons. The van der Waals surface area contributed by atoms with Crippen molar-refractivity contribution in [3.63, 3.8) is 0 Å². The molecule has 3 heterocycles. The number of nitrogens with one attached hydrogen (secondary N) is 2. The fraction of sp³-hybridized carbons (Fsp3) is 0.424. The maximum absolute atomic E-state index is 12.7. The van der Waals surface area contributed by atoms with E-state index in [4.69, 9.17) is 32.9 Å². The van der Waals surface area contributed by atoms with E-state index in [1.54, 1.807) is 16.2 Å². The number of benzene rings is 2. The topological polar surface area (TPSA) is 86.8 Å². The Hall–Kier alpha value is -2.76. The summed E-state index contributed by atoms with van der Waals surface area (Å²) in [5.41, 5.74) is 4.32. The minimum Gasteiger partial charge on any atom is -0.443 e. The molecule has 45 heavy (non-hydrogen) atoms. The van der Waals surface area contributed by atoms with Crippen molar-refractivity contribution in [2.75, 3.05) is 37.2 Å². The Morgan fingerprint density at radius 1 is 1.09 bits per heavy atom. The number of carbonyl (C=O) groups excluding carboxylic acids is 2.